The van der Waals surface area contributed by atoms with Gasteiger partial charge in [0.1, 0.15) is 0 Å². The lowest BCUT2D eigenvalue weighted by atomic mass is 9.84. The van der Waals surface area contributed by atoms with Gasteiger partial charge in [0.25, 0.3) is 0 Å². The fourth-order valence-electron chi connectivity index (χ4n) is 2.56. The summed E-state index contributed by atoms with van der Waals surface area (Å²) in [5.74, 6) is 0. The maximum atomic E-state index is 6.40. The molecule has 1 saturated heterocycles. The van der Waals surface area contributed by atoms with Crippen LogP contribution in [0.1, 0.15) is 50.3 Å². The molecule has 17 heavy (non-hydrogen) atoms. The Hall–Kier alpha value is -0.860. The maximum Gasteiger partial charge on any atom is 0.0846 e. The lowest BCUT2D eigenvalue weighted by Gasteiger charge is -2.39. The van der Waals surface area contributed by atoms with E-state index in [0.29, 0.717) is 0 Å². The first-order chi connectivity index (χ1) is 8.15. The molecule has 0 aromatic heterocycles. The van der Waals surface area contributed by atoms with E-state index in [4.69, 9.17) is 10.5 Å². The van der Waals surface area contributed by atoms with E-state index in [1.54, 1.807) is 0 Å². The molecule has 2 nitrogen and oxygen atoms in total. The molecule has 0 aliphatic carbocycles. The van der Waals surface area contributed by atoms with Gasteiger partial charge in [0.15, 0.2) is 0 Å². The Kier molecular flexibility index (Phi) is 3.85. The summed E-state index contributed by atoms with van der Waals surface area (Å²) in [4.78, 5) is 0. The second-order valence-corrected chi connectivity index (χ2v) is 5.19. The van der Waals surface area contributed by atoms with Crippen molar-refractivity contribution in [2.75, 3.05) is 6.61 Å². The first kappa shape index (κ1) is 12.6. The van der Waals surface area contributed by atoms with Gasteiger partial charge in [0, 0.05) is 6.61 Å². The molecule has 1 aromatic carbocycles. The van der Waals surface area contributed by atoms with Crippen LogP contribution in [0.15, 0.2) is 24.3 Å². The van der Waals surface area contributed by atoms with Crippen molar-refractivity contribution in [2.45, 2.75) is 51.2 Å². The fraction of sp³-hybridized carbons (Fsp3) is 0.600. The minimum absolute atomic E-state index is 0.0192. The highest BCUT2D eigenvalue weighted by atomic mass is 16.5. The molecule has 1 aromatic rings. The summed E-state index contributed by atoms with van der Waals surface area (Å²) in [7, 11) is 0. The lowest BCUT2D eigenvalue weighted by Crippen LogP contribution is -2.43. The van der Waals surface area contributed by atoms with E-state index in [1.165, 1.54) is 17.5 Å². The van der Waals surface area contributed by atoms with Crippen molar-refractivity contribution in [3.8, 4) is 0 Å². The van der Waals surface area contributed by atoms with Crippen molar-refractivity contribution in [1.82, 2.24) is 0 Å². The zero-order chi connectivity index (χ0) is 12.3. The molecule has 94 valence electrons. The summed E-state index contributed by atoms with van der Waals surface area (Å²) in [6, 6.07) is 8.57. The van der Waals surface area contributed by atoms with Crippen LogP contribution < -0.4 is 5.73 Å². The van der Waals surface area contributed by atoms with E-state index in [0.717, 1.165) is 25.9 Å². The minimum Gasteiger partial charge on any atom is -0.373 e. The number of aryl methyl sites for hydroxylation is 1. The van der Waals surface area contributed by atoms with Crippen molar-refractivity contribution in [3.05, 3.63) is 35.4 Å². The molecule has 2 unspecified atom stereocenters. The van der Waals surface area contributed by atoms with Crippen molar-refractivity contribution in [2.24, 2.45) is 5.73 Å². The molecule has 1 fully saturated rings. The van der Waals surface area contributed by atoms with Gasteiger partial charge in [-0.15, -0.1) is 0 Å². The van der Waals surface area contributed by atoms with Gasteiger partial charge in [0.2, 0.25) is 0 Å². The molecule has 2 N–H and O–H groups in total. The molecule has 2 rings (SSSR count). The van der Waals surface area contributed by atoms with Crippen molar-refractivity contribution in [3.63, 3.8) is 0 Å². The summed E-state index contributed by atoms with van der Waals surface area (Å²) >= 11 is 0. The van der Waals surface area contributed by atoms with E-state index in [9.17, 15) is 0 Å². The second-order valence-electron chi connectivity index (χ2n) is 5.19. The van der Waals surface area contributed by atoms with Crippen LogP contribution >= 0.6 is 0 Å². The predicted molar refractivity (Wildman–Crippen MR) is 71.0 cm³/mol. The highest BCUT2D eigenvalue weighted by molar-refractivity contribution is 5.27. The number of nitrogens with two attached hydrogens (primary N) is 1. The molecule has 0 amide bonds. The number of rotatable bonds is 3. The van der Waals surface area contributed by atoms with E-state index in [2.05, 4.69) is 38.1 Å². The van der Waals surface area contributed by atoms with E-state index < -0.39 is 0 Å². The quantitative estimate of drug-likeness (QED) is 0.870. The standard InChI is InChI=1S/C15H23NO/c1-3-12-7-6-8-13(11-12)14(16)15(2)9-4-5-10-17-15/h6-8,11,14H,3-5,9-10,16H2,1-2H3. The summed E-state index contributed by atoms with van der Waals surface area (Å²) in [6.07, 6.45) is 4.50. The number of ether oxygens (including phenoxy) is 1. The van der Waals surface area contributed by atoms with Crippen LogP contribution in [-0.4, -0.2) is 12.2 Å². The van der Waals surface area contributed by atoms with Crippen molar-refractivity contribution in [1.29, 1.82) is 0 Å². The molecule has 1 aliphatic rings. The SMILES string of the molecule is CCc1cccc(C(N)C2(C)CCCCO2)c1. The minimum atomic E-state index is -0.190. The van der Waals surface area contributed by atoms with Crippen LogP contribution in [0.4, 0.5) is 0 Å². The first-order valence-electron chi connectivity index (χ1n) is 6.64. The zero-order valence-electron chi connectivity index (χ0n) is 10.9. The zero-order valence-corrected chi connectivity index (χ0v) is 10.9. The molecule has 0 radical (unpaired) electrons. The molecule has 0 saturated carbocycles. The Morgan fingerprint density at radius 3 is 2.88 bits per heavy atom. The van der Waals surface area contributed by atoms with E-state index in [1.807, 2.05) is 0 Å². The van der Waals surface area contributed by atoms with Crippen molar-refractivity contribution >= 4 is 0 Å². The topological polar surface area (TPSA) is 35.2 Å². The smallest absolute Gasteiger partial charge is 0.0846 e. The van der Waals surface area contributed by atoms with Crippen LogP contribution in [0.5, 0.6) is 0 Å². The van der Waals surface area contributed by atoms with Crippen LogP contribution in [0, 0.1) is 0 Å². The van der Waals surface area contributed by atoms with Gasteiger partial charge >= 0.3 is 0 Å². The van der Waals surface area contributed by atoms with Gasteiger partial charge in [-0.1, -0.05) is 31.2 Å². The largest absolute Gasteiger partial charge is 0.373 e. The highest BCUT2D eigenvalue weighted by Crippen LogP contribution is 2.35. The molecule has 0 spiro atoms. The van der Waals surface area contributed by atoms with Crippen LogP contribution in [0.25, 0.3) is 0 Å². The average molecular weight is 233 g/mol. The lowest BCUT2D eigenvalue weighted by molar-refractivity contribution is -0.0820. The summed E-state index contributed by atoms with van der Waals surface area (Å²) in [6.45, 7) is 5.16. The summed E-state index contributed by atoms with van der Waals surface area (Å²) < 4.78 is 5.93. The molecule has 2 atom stereocenters. The number of benzene rings is 1. The Morgan fingerprint density at radius 1 is 1.41 bits per heavy atom. The molecule has 0 bridgehead atoms. The normalized spacial score (nSPS) is 26.8. The monoisotopic (exact) mass is 233 g/mol. The summed E-state index contributed by atoms with van der Waals surface area (Å²) in [5, 5.41) is 0. The van der Waals surface area contributed by atoms with Gasteiger partial charge in [-0.2, -0.15) is 0 Å². The van der Waals surface area contributed by atoms with Crippen LogP contribution in [-0.2, 0) is 11.2 Å². The molecule has 2 heteroatoms. The van der Waals surface area contributed by atoms with Gasteiger partial charge in [-0.05, 0) is 43.7 Å². The molecular weight excluding hydrogens is 210 g/mol. The van der Waals surface area contributed by atoms with Crippen LogP contribution in [0.2, 0.25) is 0 Å². The Balaban J connectivity index is 2.19. The average Bonchev–Trinajstić information content (AvgIpc) is 2.39. The maximum absolute atomic E-state index is 6.40. The third-order valence-electron chi connectivity index (χ3n) is 3.88. The van der Waals surface area contributed by atoms with E-state index in [-0.39, 0.29) is 11.6 Å². The third kappa shape index (κ3) is 2.70. The van der Waals surface area contributed by atoms with Gasteiger partial charge in [-0.25, -0.2) is 0 Å². The molecular formula is C15H23NO. The van der Waals surface area contributed by atoms with Crippen LogP contribution in [0.3, 0.4) is 0 Å². The second kappa shape index (κ2) is 5.19. The van der Waals surface area contributed by atoms with E-state index >= 15 is 0 Å². The number of hydrogen-bond donors (Lipinski definition) is 1. The predicted octanol–water partition coefficient (Wildman–Crippen LogP) is 3.21. The fourth-order valence-corrected chi connectivity index (χ4v) is 2.56. The Bertz CT molecular complexity index is 369. The molecule has 1 aliphatic heterocycles. The first-order valence-corrected chi connectivity index (χ1v) is 6.64. The summed E-state index contributed by atoms with van der Waals surface area (Å²) in [5.41, 5.74) is 8.76. The van der Waals surface area contributed by atoms with Crippen molar-refractivity contribution < 1.29 is 4.74 Å². The third-order valence-corrected chi connectivity index (χ3v) is 3.88. The Labute approximate surface area is 104 Å². The van der Waals surface area contributed by atoms with Gasteiger partial charge in [0.05, 0.1) is 11.6 Å². The highest BCUT2D eigenvalue weighted by Gasteiger charge is 2.35. The molecule has 1 heterocycles. The Morgan fingerprint density at radius 2 is 2.24 bits per heavy atom. The van der Waals surface area contributed by atoms with Gasteiger partial charge < -0.3 is 10.5 Å². The van der Waals surface area contributed by atoms with Gasteiger partial charge in [-0.3, -0.25) is 0 Å². The number of hydrogen-bond acceptors (Lipinski definition) is 2.